The highest BCUT2D eigenvalue weighted by molar-refractivity contribution is 5.97. The molecule has 0 aromatic heterocycles. The lowest BCUT2D eigenvalue weighted by molar-refractivity contribution is -0.148. The largest absolute Gasteiger partial charge is 0.409 e. The molecule has 2 rings (SSSR count). The van der Waals surface area contributed by atoms with Crippen LogP contribution in [0.4, 0.5) is 17.6 Å². The lowest BCUT2D eigenvalue weighted by Gasteiger charge is -2.23. The molecule has 0 amide bonds. The molecule has 1 aromatic carbocycles. The van der Waals surface area contributed by atoms with Crippen LogP contribution >= 0.6 is 0 Å². The third kappa shape index (κ3) is 4.59. The van der Waals surface area contributed by atoms with E-state index >= 15 is 0 Å². The van der Waals surface area contributed by atoms with E-state index in [1.165, 1.54) is 11.0 Å². The smallest absolute Gasteiger partial charge is 0.401 e. The van der Waals surface area contributed by atoms with Gasteiger partial charge in [-0.25, -0.2) is 4.39 Å². The highest BCUT2D eigenvalue weighted by Gasteiger charge is 2.37. The Labute approximate surface area is 118 Å². The molecule has 8 heteroatoms. The van der Waals surface area contributed by atoms with Crippen LogP contribution < -0.4 is 5.73 Å². The maximum absolute atomic E-state index is 13.5. The summed E-state index contributed by atoms with van der Waals surface area (Å²) in [5.41, 5.74) is 5.87. The molecule has 0 spiro atoms. The van der Waals surface area contributed by atoms with E-state index < -0.39 is 18.5 Å². The van der Waals surface area contributed by atoms with Crippen LogP contribution in [0, 0.1) is 5.82 Å². The molecular formula is C13H15F4N3O. The van der Waals surface area contributed by atoms with Crippen molar-refractivity contribution in [1.82, 2.24) is 4.90 Å². The van der Waals surface area contributed by atoms with Crippen molar-refractivity contribution in [2.24, 2.45) is 10.9 Å². The highest BCUT2D eigenvalue weighted by Crippen LogP contribution is 2.31. The number of halogens is 4. The molecule has 0 atom stereocenters. The number of amidine groups is 1. The monoisotopic (exact) mass is 305 g/mol. The summed E-state index contributed by atoms with van der Waals surface area (Å²) in [6.45, 7) is -1.07. The Morgan fingerprint density at radius 2 is 2.00 bits per heavy atom. The molecule has 3 N–H and O–H groups in total. The van der Waals surface area contributed by atoms with Crippen molar-refractivity contribution in [3.63, 3.8) is 0 Å². The minimum Gasteiger partial charge on any atom is -0.409 e. The molecule has 1 aromatic rings. The summed E-state index contributed by atoms with van der Waals surface area (Å²) < 4.78 is 51.1. The van der Waals surface area contributed by atoms with Gasteiger partial charge in [0.25, 0.3) is 0 Å². The van der Waals surface area contributed by atoms with Crippen LogP contribution in [0.1, 0.15) is 24.0 Å². The molecule has 1 aliphatic rings. The summed E-state index contributed by atoms with van der Waals surface area (Å²) in [5.74, 6) is -0.929. The van der Waals surface area contributed by atoms with Crippen molar-refractivity contribution in [1.29, 1.82) is 0 Å². The fourth-order valence-electron chi connectivity index (χ4n) is 2.17. The van der Waals surface area contributed by atoms with Gasteiger partial charge >= 0.3 is 6.18 Å². The third-order valence-corrected chi connectivity index (χ3v) is 3.19. The molecule has 21 heavy (non-hydrogen) atoms. The van der Waals surface area contributed by atoms with Gasteiger partial charge in [-0.15, -0.1) is 0 Å². The lowest BCUT2D eigenvalue weighted by Crippen LogP contribution is -2.35. The number of rotatable bonds is 5. The molecule has 1 aliphatic carbocycles. The van der Waals surface area contributed by atoms with Gasteiger partial charge in [-0.1, -0.05) is 5.16 Å². The van der Waals surface area contributed by atoms with Gasteiger partial charge in [-0.3, -0.25) is 4.90 Å². The van der Waals surface area contributed by atoms with E-state index in [-0.39, 0.29) is 24.0 Å². The molecule has 0 heterocycles. The van der Waals surface area contributed by atoms with Gasteiger partial charge in [0.15, 0.2) is 5.84 Å². The molecular weight excluding hydrogens is 290 g/mol. The Bertz CT molecular complexity index is 541. The average Bonchev–Trinajstić information content (AvgIpc) is 3.19. The van der Waals surface area contributed by atoms with Crippen LogP contribution in [-0.4, -0.2) is 34.7 Å². The van der Waals surface area contributed by atoms with Gasteiger partial charge in [0.2, 0.25) is 0 Å². The quantitative estimate of drug-likeness (QED) is 0.289. The first kappa shape index (κ1) is 15.6. The second kappa shape index (κ2) is 5.88. The zero-order chi connectivity index (χ0) is 15.6. The number of nitrogens with two attached hydrogens (primary N) is 1. The highest BCUT2D eigenvalue weighted by atomic mass is 19.4. The first-order valence-electron chi connectivity index (χ1n) is 6.36. The second-order valence-corrected chi connectivity index (χ2v) is 5.08. The standard InChI is InChI=1S/C13H15F4N3O/c14-10-4-8(3-9(5-10)12(18)19-21)6-20(11-1-2-11)7-13(15,16)17/h3-5,11,21H,1-2,6-7H2,(H2,18,19). The number of nitrogens with zero attached hydrogens (tertiary/aromatic N) is 2. The fourth-order valence-corrected chi connectivity index (χ4v) is 2.17. The normalized spacial score (nSPS) is 16.5. The van der Waals surface area contributed by atoms with Crippen LogP contribution in [0.25, 0.3) is 0 Å². The molecule has 1 fully saturated rings. The topological polar surface area (TPSA) is 61.9 Å². The fraction of sp³-hybridized carbons (Fsp3) is 0.462. The van der Waals surface area contributed by atoms with Crippen molar-refractivity contribution in [3.05, 3.63) is 35.1 Å². The number of hydrogen-bond acceptors (Lipinski definition) is 3. The average molecular weight is 305 g/mol. The van der Waals surface area contributed by atoms with Crippen molar-refractivity contribution in [2.45, 2.75) is 31.6 Å². The first-order valence-corrected chi connectivity index (χ1v) is 6.36. The predicted molar refractivity (Wildman–Crippen MR) is 68.4 cm³/mol. The zero-order valence-electron chi connectivity index (χ0n) is 11.1. The van der Waals surface area contributed by atoms with E-state index in [9.17, 15) is 17.6 Å². The molecule has 0 saturated heterocycles. The summed E-state index contributed by atoms with van der Waals surface area (Å²) >= 11 is 0. The minimum absolute atomic E-state index is 0.0341. The van der Waals surface area contributed by atoms with E-state index in [0.717, 1.165) is 12.1 Å². The third-order valence-electron chi connectivity index (χ3n) is 3.19. The Morgan fingerprint density at radius 1 is 1.33 bits per heavy atom. The zero-order valence-corrected chi connectivity index (χ0v) is 11.1. The first-order chi connectivity index (χ1) is 9.78. The Hall–Kier alpha value is -1.83. The number of hydrogen-bond donors (Lipinski definition) is 2. The summed E-state index contributed by atoms with van der Waals surface area (Å²) in [7, 11) is 0. The van der Waals surface area contributed by atoms with E-state index in [0.29, 0.717) is 18.4 Å². The SMILES string of the molecule is N/C(=N/O)c1cc(F)cc(CN(CC(F)(F)F)C2CC2)c1. The minimum atomic E-state index is -4.30. The van der Waals surface area contributed by atoms with Gasteiger partial charge in [-0.2, -0.15) is 13.2 Å². The molecule has 116 valence electrons. The summed E-state index contributed by atoms with van der Waals surface area (Å²) in [6.07, 6.45) is -2.89. The van der Waals surface area contributed by atoms with E-state index in [4.69, 9.17) is 10.9 Å². The van der Waals surface area contributed by atoms with Crippen LogP contribution in [0.15, 0.2) is 23.4 Å². The Kier molecular flexibility index (Phi) is 4.36. The van der Waals surface area contributed by atoms with Gasteiger partial charge in [0.1, 0.15) is 5.82 Å². The molecule has 4 nitrogen and oxygen atoms in total. The predicted octanol–water partition coefficient (Wildman–Crippen LogP) is 2.45. The molecule has 1 saturated carbocycles. The van der Waals surface area contributed by atoms with Crippen LogP contribution in [-0.2, 0) is 6.54 Å². The summed E-state index contributed by atoms with van der Waals surface area (Å²) in [6, 6.07) is 3.51. The molecule has 0 unspecified atom stereocenters. The Balaban J connectivity index is 2.18. The van der Waals surface area contributed by atoms with Gasteiger partial charge in [0.05, 0.1) is 6.54 Å². The van der Waals surface area contributed by atoms with Crippen LogP contribution in [0.3, 0.4) is 0 Å². The Morgan fingerprint density at radius 3 is 2.52 bits per heavy atom. The van der Waals surface area contributed by atoms with Crippen LogP contribution in [0.2, 0.25) is 0 Å². The lowest BCUT2D eigenvalue weighted by atomic mass is 10.1. The molecule has 0 aliphatic heterocycles. The van der Waals surface area contributed by atoms with Crippen molar-refractivity contribution >= 4 is 5.84 Å². The van der Waals surface area contributed by atoms with E-state index in [2.05, 4.69) is 5.16 Å². The van der Waals surface area contributed by atoms with E-state index in [1.54, 1.807) is 0 Å². The van der Waals surface area contributed by atoms with Crippen molar-refractivity contribution in [3.8, 4) is 0 Å². The number of oxime groups is 1. The maximum Gasteiger partial charge on any atom is 0.401 e. The molecule has 0 radical (unpaired) electrons. The second-order valence-electron chi connectivity index (χ2n) is 5.08. The van der Waals surface area contributed by atoms with Crippen LogP contribution in [0.5, 0.6) is 0 Å². The summed E-state index contributed by atoms with van der Waals surface area (Å²) in [4.78, 5) is 1.27. The van der Waals surface area contributed by atoms with Gasteiger partial charge < -0.3 is 10.9 Å². The van der Waals surface area contributed by atoms with Crippen molar-refractivity contribution in [2.75, 3.05) is 6.54 Å². The van der Waals surface area contributed by atoms with Gasteiger partial charge in [-0.05, 0) is 36.6 Å². The number of alkyl halides is 3. The van der Waals surface area contributed by atoms with Gasteiger partial charge in [0, 0.05) is 18.2 Å². The number of benzene rings is 1. The van der Waals surface area contributed by atoms with E-state index in [1.807, 2.05) is 0 Å². The maximum atomic E-state index is 13.5. The molecule has 0 bridgehead atoms. The van der Waals surface area contributed by atoms with Crippen molar-refractivity contribution < 1.29 is 22.8 Å². The summed E-state index contributed by atoms with van der Waals surface area (Å²) in [5, 5.41) is 11.3.